The van der Waals surface area contributed by atoms with Crippen LogP contribution in [0, 0.1) is 113 Å². The Balaban J connectivity index is -0.0000000472. The van der Waals surface area contributed by atoms with Gasteiger partial charge in [-0.25, -0.2) is 19.8 Å². The summed E-state index contributed by atoms with van der Waals surface area (Å²) in [5.41, 5.74) is -3.25. The largest absolute Gasteiger partial charge is 2.00 e. The van der Waals surface area contributed by atoms with Crippen molar-refractivity contribution in [3.05, 3.63) is 51.3 Å². The number of nitrogens with zero attached hydrogens (tertiary/aromatic N) is 3. The Morgan fingerprint density at radius 1 is 0.625 bits per heavy atom. The van der Waals surface area contributed by atoms with Gasteiger partial charge >= 0.3 is 93.3 Å². The van der Waals surface area contributed by atoms with Crippen LogP contribution in [0.2, 0.25) is 0 Å². The number of aliphatic hydroxyl groups is 3. The van der Waals surface area contributed by atoms with Crippen LogP contribution >= 0.6 is 0 Å². The van der Waals surface area contributed by atoms with E-state index in [1.807, 2.05) is 20.8 Å². The smallest absolute Gasteiger partial charge is 0.628 e. The molecule has 132 valence electrons. The minimum absolute atomic E-state index is 0. The van der Waals surface area contributed by atoms with Gasteiger partial charge in [-0.3, -0.25) is 0 Å². The molecule has 24 heavy (non-hydrogen) atoms. The Hall–Kier alpha value is 1.45. The topological polar surface area (TPSA) is 154 Å². The summed E-state index contributed by atoms with van der Waals surface area (Å²) in [5, 5.41) is 23.2. The fourth-order valence-electron chi connectivity index (χ4n) is 0.320. The van der Waals surface area contributed by atoms with E-state index in [0.717, 1.165) is 39.1 Å². The molecule has 9 nitrogen and oxygen atoms in total. The average Bonchev–Trinajstić information content (AvgIpc) is 2.46. The van der Waals surface area contributed by atoms with Crippen molar-refractivity contribution in [2.24, 2.45) is 0 Å². The first kappa shape index (κ1) is 40.2. The molecule has 3 N–H and O–H groups in total. The molecule has 0 aliphatic carbocycles. The number of aromatic nitrogens is 3. The van der Waals surface area contributed by atoms with E-state index in [-0.39, 0.29) is 93.3 Å². The zero-order valence-electron chi connectivity index (χ0n) is 13.8. The summed E-state index contributed by atoms with van der Waals surface area (Å²) in [6.07, 6.45) is 2.25. The maximum absolute atomic E-state index is 10.0. The first-order valence-electron chi connectivity index (χ1n) is 6.07. The minimum atomic E-state index is -1.08. The molecule has 0 aromatic carbocycles. The molecule has 0 amide bonds. The van der Waals surface area contributed by atoms with Crippen molar-refractivity contribution in [1.29, 1.82) is 0 Å². The second-order valence-corrected chi connectivity index (χ2v) is 2.96. The molecule has 0 radical (unpaired) electrons. The Morgan fingerprint density at radius 2 is 0.750 bits per heavy atom. The van der Waals surface area contributed by atoms with E-state index in [1.54, 1.807) is 0 Å². The van der Waals surface area contributed by atoms with E-state index in [0.29, 0.717) is 0 Å². The second kappa shape index (κ2) is 35.5. The van der Waals surface area contributed by atoms with Gasteiger partial charge in [-0.15, -0.1) is 0 Å². The summed E-state index contributed by atoms with van der Waals surface area (Å²) in [7, 11) is 0. The first-order chi connectivity index (χ1) is 9.92. The van der Waals surface area contributed by atoms with Crippen molar-refractivity contribution in [2.75, 3.05) is 0 Å². The van der Waals surface area contributed by atoms with Gasteiger partial charge in [0.1, 0.15) is 0 Å². The van der Waals surface area contributed by atoms with Crippen molar-refractivity contribution in [2.45, 2.75) is 40.0 Å². The predicted molar refractivity (Wildman–Crippen MR) is 74.8 cm³/mol. The third kappa shape index (κ3) is 43.7. The van der Waals surface area contributed by atoms with E-state index in [1.165, 1.54) is 0 Å². The maximum atomic E-state index is 10.0. The van der Waals surface area contributed by atoms with Gasteiger partial charge < -0.3 is 44.7 Å². The van der Waals surface area contributed by atoms with Crippen LogP contribution in [0.3, 0.4) is 0 Å². The van der Waals surface area contributed by atoms with Crippen molar-refractivity contribution >= 4 is 0 Å². The van der Waals surface area contributed by atoms with Crippen LogP contribution in [0.25, 0.3) is 0 Å². The number of aliphatic hydroxyl groups excluding tert-OH is 3. The van der Waals surface area contributed by atoms with Crippen LogP contribution < -0.4 is 32.0 Å². The summed E-state index contributed by atoms with van der Waals surface area (Å²) in [6.45, 7) is 9.00. The SMILES string of the molecule is CC[CH-]O.CC[CH-]O.CC[CH-]O.O=c1[n-]c(=O)[n-]c(=O)[n-]1.[U+2].[U+2].[U+2]. The fourth-order valence-corrected chi connectivity index (χ4v) is 0.320. The minimum Gasteiger partial charge on any atom is -0.628 e. The van der Waals surface area contributed by atoms with Crippen LogP contribution in [-0.4, -0.2) is 15.3 Å². The zero-order valence-corrected chi connectivity index (χ0v) is 26.3. The van der Waals surface area contributed by atoms with E-state index in [2.05, 4.69) is 15.0 Å². The van der Waals surface area contributed by atoms with Crippen LogP contribution in [-0.2, 0) is 0 Å². The van der Waals surface area contributed by atoms with Crippen LogP contribution in [0.4, 0.5) is 0 Å². The summed E-state index contributed by atoms with van der Waals surface area (Å²) in [6, 6.07) is 0. The van der Waals surface area contributed by atoms with Gasteiger partial charge in [0.15, 0.2) is 0 Å². The average molecular weight is 1020 g/mol. The van der Waals surface area contributed by atoms with Gasteiger partial charge in [0.05, 0.1) is 0 Å². The van der Waals surface area contributed by atoms with Gasteiger partial charge in [0.2, 0.25) is 0 Å². The van der Waals surface area contributed by atoms with Gasteiger partial charge in [-0.1, -0.05) is 20.8 Å². The number of hydrogen-bond donors (Lipinski definition) is 3. The Morgan fingerprint density at radius 3 is 0.833 bits per heavy atom. The van der Waals surface area contributed by atoms with Crippen molar-refractivity contribution in [1.82, 2.24) is 15.0 Å². The molecule has 0 bridgehead atoms. The van der Waals surface area contributed by atoms with E-state index in [4.69, 9.17) is 15.3 Å². The normalized spacial score (nSPS) is 7.25. The monoisotopic (exact) mass is 1020 g/mol. The third-order valence-electron chi connectivity index (χ3n) is 1.12. The molecule has 0 aliphatic heterocycles. The standard InChI is InChI=1S/C3H3N3O3.3C3H7O.3U/c7-1-4-2(8)6-3(9)5-1;3*1-2-3-4;;;/h(H3,4,5,6,7,8,9);3*3-4H,2H2,1H3;;;/q;3*-1;3*+2/p-3. The first-order valence-corrected chi connectivity index (χ1v) is 6.07. The van der Waals surface area contributed by atoms with Crippen molar-refractivity contribution < 1.29 is 109 Å². The molecule has 1 aromatic heterocycles. The molecule has 0 aliphatic rings. The van der Waals surface area contributed by atoms with Crippen molar-refractivity contribution in [3.8, 4) is 0 Å². The quantitative estimate of drug-likeness (QED) is 0.339. The molecule has 0 spiro atoms. The van der Waals surface area contributed by atoms with Gasteiger partial charge in [0, 0.05) is 0 Å². The molecule has 0 unspecified atom stereocenters. The second-order valence-electron chi connectivity index (χ2n) is 2.96. The molecule has 1 rings (SSSR count). The van der Waals surface area contributed by atoms with Crippen molar-refractivity contribution in [3.63, 3.8) is 0 Å². The summed E-state index contributed by atoms with van der Waals surface area (Å²) in [5.74, 6) is 0. The fraction of sp³-hybridized carbons (Fsp3) is 0.500. The van der Waals surface area contributed by atoms with Gasteiger partial charge in [-0.2, -0.15) is 19.3 Å². The van der Waals surface area contributed by atoms with Crippen LogP contribution in [0.1, 0.15) is 40.0 Å². The van der Waals surface area contributed by atoms with E-state index >= 15 is 0 Å². The molecule has 1 heterocycles. The Bertz CT molecular complexity index is 370. The molecule has 0 saturated carbocycles. The molecule has 0 saturated heterocycles. The molecule has 0 atom stereocenters. The van der Waals surface area contributed by atoms with Crippen LogP contribution in [0.5, 0.6) is 0 Å². The van der Waals surface area contributed by atoms with Gasteiger partial charge in [0.25, 0.3) is 0 Å². The molecular formula is C12H21N3O6U3. The number of rotatable bonds is 3. The molecule has 12 heteroatoms. The van der Waals surface area contributed by atoms with Gasteiger partial charge in [-0.05, 0) is 17.1 Å². The predicted octanol–water partition coefficient (Wildman–Crippen LogP) is -0.569. The molecule has 1 aromatic rings. The maximum Gasteiger partial charge on any atom is 2.00 e. The molecule has 0 fully saturated rings. The number of hydrogen-bond acceptors (Lipinski definition) is 6. The van der Waals surface area contributed by atoms with E-state index in [9.17, 15) is 14.4 Å². The molecular weight excluding hydrogens is 996 g/mol. The third-order valence-corrected chi connectivity index (χ3v) is 1.12. The Kier molecular flexibility index (Phi) is 59.5. The van der Waals surface area contributed by atoms with E-state index < -0.39 is 17.1 Å². The zero-order chi connectivity index (χ0) is 17.1. The summed E-state index contributed by atoms with van der Waals surface area (Å²) < 4.78 is 0. The summed E-state index contributed by atoms with van der Waals surface area (Å²) >= 11 is 0. The Labute approximate surface area is 212 Å². The van der Waals surface area contributed by atoms with Crippen LogP contribution in [0.15, 0.2) is 14.4 Å². The summed E-state index contributed by atoms with van der Waals surface area (Å²) in [4.78, 5) is 38.2.